The zero-order valence-corrected chi connectivity index (χ0v) is 23.4. The maximum Gasteiger partial charge on any atom is 0.573 e. The van der Waals surface area contributed by atoms with Crippen molar-refractivity contribution in [2.24, 2.45) is 4.99 Å². The van der Waals surface area contributed by atoms with Crippen LogP contribution >= 0.6 is 11.6 Å². The van der Waals surface area contributed by atoms with Crippen LogP contribution in [0.1, 0.15) is 5.56 Å². The minimum Gasteiger partial charge on any atom is -0.406 e. The first-order valence-corrected chi connectivity index (χ1v) is 14.1. The molecule has 0 aliphatic carbocycles. The number of hydrogen-bond donors (Lipinski definition) is 2. The number of nitrogens with one attached hydrogen (secondary N) is 1. The van der Waals surface area contributed by atoms with Gasteiger partial charge in [-0.25, -0.2) is 23.4 Å². The van der Waals surface area contributed by atoms with E-state index in [0.717, 1.165) is 34.1 Å². The van der Waals surface area contributed by atoms with Gasteiger partial charge in [-0.05, 0) is 48.0 Å². The van der Waals surface area contributed by atoms with Crippen LogP contribution in [-0.4, -0.2) is 71.4 Å². The molecule has 1 fully saturated rings. The lowest BCUT2D eigenvalue weighted by Gasteiger charge is -2.40. The van der Waals surface area contributed by atoms with Crippen LogP contribution in [0, 0.1) is 0 Å². The van der Waals surface area contributed by atoms with E-state index in [0.29, 0.717) is 10.9 Å². The van der Waals surface area contributed by atoms with Crippen molar-refractivity contribution in [1.29, 1.82) is 0 Å². The molecule has 11 nitrogen and oxygen atoms in total. The number of hydrogen-bond acceptors (Lipinski definition) is 8. The van der Waals surface area contributed by atoms with Crippen molar-refractivity contribution in [3.63, 3.8) is 0 Å². The summed E-state index contributed by atoms with van der Waals surface area (Å²) in [7, 11) is -4.34. The molecular weight excluding hydrogens is 599 g/mol. The van der Waals surface area contributed by atoms with Crippen LogP contribution < -0.4 is 15.8 Å². The molecular formula is C26H25ClF3N7O4S. The lowest BCUT2D eigenvalue weighted by molar-refractivity contribution is -0.274. The summed E-state index contributed by atoms with van der Waals surface area (Å²) in [6.07, 6.45) is -0.883. The summed E-state index contributed by atoms with van der Waals surface area (Å²) in [5.74, 6) is -0.735. The second-order valence-corrected chi connectivity index (χ2v) is 11.2. The van der Waals surface area contributed by atoms with E-state index >= 15 is 0 Å². The standard InChI is InChI=1S/C26H25ClF3N7O4S/c1-2-23(35-24-21(31)14-32-16-34-24)36-11-12-37(22(15-36)25(38)33-13-17-3-5-18(27)6-4-17)42(39,40)20-9-7-19(8-10-20)41-26(28,29)30/h2-10,14,16,22H,1,11-13,15,31H2,(H,33,38)/b35-23+/t22-/m1/s1. The molecule has 1 saturated heterocycles. The van der Waals surface area contributed by atoms with Crippen molar-refractivity contribution < 1.29 is 31.1 Å². The Morgan fingerprint density at radius 1 is 1.19 bits per heavy atom. The van der Waals surface area contributed by atoms with Gasteiger partial charge in [0.25, 0.3) is 0 Å². The van der Waals surface area contributed by atoms with Crippen molar-refractivity contribution in [1.82, 2.24) is 24.5 Å². The molecule has 0 unspecified atom stereocenters. The molecule has 42 heavy (non-hydrogen) atoms. The summed E-state index contributed by atoms with van der Waals surface area (Å²) in [5, 5.41) is 3.26. The Balaban J connectivity index is 1.62. The Bertz CT molecular complexity index is 1570. The third-order valence-electron chi connectivity index (χ3n) is 6.12. The van der Waals surface area contributed by atoms with Crippen LogP contribution in [0.4, 0.5) is 24.7 Å². The number of piperazine rings is 1. The summed E-state index contributed by atoms with van der Waals surface area (Å²) in [6.45, 7) is 3.68. The second-order valence-electron chi connectivity index (χ2n) is 8.92. The average molecular weight is 624 g/mol. The van der Waals surface area contributed by atoms with Gasteiger partial charge in [0, 0.05) is 31.2 Å². The topological polar surface area (TPSA) is 143 Å². The van der Waals surface area contributed by atoms with Gasteiger partial charge < -0.3 is 20.7 Å². The first-order chi connectivity index (χ1) is 19.9. The number of nitrogens with two attached hydrogens (primary N) is 1. The minimum atomic E-state index is -4.94. The van der Waals surface area contributed by atoms with E-state index in [1.807, 2.05) is 0 Å². The van der Waals surface area contributed by atoms with E-state index in [4.69, 9.17) is 17.3 Å². The first-order valence-electron chi connectivity index (χ1n) is 12.3. The highest BCUT2D eigenvalue weighted by Crippen LogP contribution is 2.27. The van der Waals surface area contributed by atoms with Crippen molar-refractivity contribution in [3.8, 4) is 5.75 Å². The number of rotatable bonds is 8. The van der Waals surface area contributed by atoms with Gasteiger partial charge in [-0.2, -0.15) is 4.31 Å². The van der Waals surface area contributed by atoms with E-state index in [9.17, 15) is 26.4 Å². The number of ether oxygens (including phenoxy) is 1. The number of amidine groups is 1. The van der Waals surface area contributed by atoms with Crippen molar-refractivity contribution in [2.75, 3.05) is 25.4 Å². The summed E-state index contributed by atoms with van der Waals surface area (Å²) in [6, 6.07) is 9.23. The Morgan fingerprint density at radius 3 is 2.50 bits per heavy atom. The number of aromatic nitrogens is 2. The molecule has 1 amide bonds. The molecule has 16 heteroatoms. The summed E-state index contributed by atoms with van der Waals surface area (Å²) >= 11 is 5.93. The van der Waals surface area contributed by atoms with Gasteiger partial charge in [-0.3, -0.25) is 4.79 Å². The molecule has 1 aromatic heterocycles. The van der Waals surface area contributed by atoms with E-state index in [-0.39, 0.29) is 42.6 Å². The van der Waals surface area contributed by atoms with Crippen LogP contribution in [0.5, 0.6) is 5.75 Å². The molecule has 1 atom stereocenters. The predicted octanol–water partition coefficient (Wildman–Crippen LogP) is 3.52. The first kappa shape index (κ1) is 30.7. The molecule has 3 N–H and O–H groups in total. The number of sulfonamides is 1. The Kier molecular flexibility index (Phi) is 9.33. The number of anilines is 1. The van der Waals surface area contributed by atoms with E-state index in [1.165, 1.54) is 18.6 Å². The third kappa shape index (κ3) is 7.54. The maximum absolute atomic E-state index is 13.7. The maximum atomic E-state index is 13.7. The van der Waals surface area contributed by atoms with Gasteiger partial charge >= 0.3 is 6.36 Å². The highest BCUT2D eigenvalue weighted by molar-refractivity contribution is 7.89. The molecule has 222 valence electrons. The van der Waals surface area contributed by atoms with Crippen LogP contribution in [0.15, 0.2) is 83.6 Å². The normalized spacial score (nSPS) is 16.6. The molecule has 0 bridgehead atoms. The Hall–Kier alpha value is -4.21. The number of nitrogens with zero attached hydrogens (tertiary/aromatic N) is 5. The number of carbonyl (C=O) groups is 1. The fourth-order valence-electron chi connectivity index (χ4n) is 4.11. The lowest BCUT2D eigenvalue weighted by atomic mass is 10.1. The average Bonchev–Trinajstić information content (AvgIpc) is 2.95. The number of nitrogen functional groups attached to an aromatic ring is 1. The number of halogens is 4. The molecule has 1 aliphatic rings. The van der Waals surface area contributed by atoms with Gasteiger partial charge in [0.05, 0.1) is 16.8 Å². The van der Waals surface area contributed by atoms with Crippen LogP contribution in [0.2, 0.25) is 5.02 Å². The smallest absolute Gasteiger partial charge is 0.406 e. The van der Waals surface area contributed by atoms with Crippen molar-refractivity contribution in [2.45, 2.75) is 23.8 Å². The highest BCUT2D eigenvalue weighted by Gasteiger charge is 2.41. The number of benzene rings is 2. The van der Waals surface area contributed by atoms with Crippen LogP contribution in [-0.2, 0) is 21.4 Å². The largest absolute Gasteiger partial charge is 0.573 e. The number of amides is 1. The van der Waals surface area contributed by atoms with Gasteiger partial charge in [0.1, 0.15) is 24.0 Å². The van der Waals surface area contributed by atoms with E-state index in [1.54, 1.807) is 29.2 Å². The molecule has 2 heterocycles. The third-order valence-corrected chi connectivity index (χ3v) is 8.30. The molecule has 0 spiro atoms. The second kappa shape index (κ2) is 12.8. The summed E-state index contributed by atoms with van der Waals surface area (Å²) in [4.78, 5) is 27.1. The van der Waals surface area contributed by atoms with Crippen molar-refractivity contribution in [3.05, 3.63) is 84.3 Å². The van der Waals surface area contributed by atoms with Gasteiger partial charge in [0.2, 0.25) is 15.9 Å². The van der Waals surface area contributed by atoms with Crippen molar-refractivity contribution >= 4 is 44.9 Å². The SMILES string of the molecule is C=C/C(=N\c1ncncc1N)N1CCN(S(=O)(=O)c2ccc(OC(F)(F)F)cc2)[C@@H](C(=O)NCc2ccc(Cl)cc2)C1. The molecule has 0 radical (unpaired) electrons. The molecule has 3 aromatic rings. The lowest BCUT2D eigenvalue weighted by Crippen LogP contribution is -2.61. The number of alkyl halides is 3. The molecule has 4 rings (SSSR count). The molecule has 0 saturated carbocycles. The summed E-state index contributed by atoms with van der Waals surface area (Å²) < 4.78 is 69.9. The summed E-state index contributed by atoms with van der Waals surface area (Å²) in [5.41, 5.74) is 6.83. The molecule has 2 aromatic carbocycles. The Labute approximate surface area is 244 Å². The zero-order valence-electron chi connectivity index (χ0n) is 21.8. The van der Waals surface area contributed by atoms with E-state index < -0.39 is 34.1 Å². The Morgan fingerprint density at radius 2 is 1.88 bits per heavy atom. The number of carbonyl (C=O) groups excluding carboxylic acids is 1. The monoisotopic (exact) mass is 623 g/mol. The fourth-order valence-corrected chi connectivity index (χ4v) is 5.81. The van der Waals surface area contributed by atoms with Gasteiger partial charge in [-0.1, -0.05) is 30.3 Å². The quantitative estimate of drug-likeness (QED) is 0.287. The van der Waals surface area contributed by atoms with E-state index in [2.05, 4.69) is 31.6 Å². The van der Waals surface area contributed by atoms with Crippen LogP contribution in [0.3, 0.4) is 0 Å². The van der Waals surface area contributed by atoms with Gasteiger partial charge in [-0.15, -0.1) is 13.2 Å². The van der Waals surface area contributed by atoms with Gasteiger partial charge in [0.15, 0.2) is 5.82 Å². The highest BCUT2D eigenvalue weighted by atomic mass is 35.5. The predicted molar refractivity (Wildman–Crippen MR) is 149 cm³/mol. The minimum absolute atomic E-state index is 0.0870. The van der Waals surface area contributed by atoms with Crippen LogP contribution in [0.25, 0.3) is 0 Å². The fraction of sp³-hybridized carbons (Fsp3) is 0.231. The molecule has 1 aliphatic heterocycles. The number of aliphatic imine (C=N–C) groups is 1. The zero-order chi connectivity index (χ0) is 30.5.